The molecule has 1 amide bonds. The minimum Gasteiger partial charge on any atom is -0.467 e. The van der Waals surface area contributed by atoms with Crippen molar-refractivity contribution in [2.45, 2.75) is 24.4 Å². The molecular formula is C17H22N2O2S. The summed E-state index contributed by atoms with van der Waals surface area (Å²) in [4.78, 5) is 15.3. The number of benzene rings is 1. The van der Waals surface area contributed by atoms with Crippen LogP contribution in [0.5, 0.6) is 0 Å². The lowest BCUT2D eigenvalue weighted by Crippen LogP contribution is -2.36. The van der Waals surface area contributed by atoms with Gasteiger partial charge >= 0.3 is 0 Å². The molecule has 4 nitrogen and oxygen atoms in total. The van der Waals surface area contributed by atoms with Gasteiger partial charge in [0.2, 0.25) is 5.91 Å². The first-order valence-corrected chi connectivity index (χ1v) is 8.45. The summed E-state index contributed by atoms with van der Waals surface area (Å²) in [5.74, 6) is 0.760. The van der Waals surface area contributed by atoms with Crippen LogP contribution >= 0.6 is 11.8 Å². The summed E-state index contributed by atoms with van der Waals surface area (Å²) in [5, 5.41) is 2.94. The van der Waals surface area contributed by atoms with E-state index in [0.29, 0.717) is 6.54 Å². The number of carbonyl (C=O) groups is 1. The molecule has 0 aliphatic heterocycles. The number of hydrogen-bond acceptors (Lipinski definition) is 4. The minimum atomic E-state index is -0.114. The van der Waals surface area contributed by atoms with Gasteiger partial charge in [-0.1, -0.05) is 12.1 Å². The summed E-state index contributed by atoms with van der Waals surface area (Å²) in [6.07, 6.45) is 3.67. The Bertz CT molecular complexity index is 581. The quantitative estimate of drug-likeness (QED) is 0.796. The zero-order valence-electron chi connectivity index (χ0n) is 13.2. The molecule has 1 atom stereocenters. The van der Waals surface area contributed by atoms with Gasteiger partial charge in [-0.15, -0.1) is 11.8 Å². The van der Waals surface area contributed by atoms with Crippen LogP contribution < -0.4 is 5.32 Å². The van der Waals surface area contributed by atoms with E-state index in [-0.39, 0.29) is 11.9 Å². The van der Waals surface area contributed by atoms with E-state index in [4.69, 9.17) is 4.42 Å². The number of amides is 1. The molecule has 22 heavy (non-hydrogen) atoms. The molecule has 5 heteroatoms. The predicted octanol–water partition coefficient (Wildman–Crippen LogP) is 3.31. The lowest BCUT2D eigenvalue weighted by atomic mass is 10.2. The van der Waals surface area contributed by atoms with Gasteiger partial charge < -0.3 is 9.73 Å². The number of likely N-dealkylation sites (N-methyl/N-ethyl adjacent to an activating group) is 1. The van der Waals surface area contributed by atoms with E-state index >= 15 is 0 Å². The molecule has 0 saturated heterocycles. The highest BCUT2D eigenvalue weighted by Gasteiger charge is 2.13. The number of thioether (sulfide) groups is 1. The van der Waals surface area contributed by atoms with E-state index in [1.807, 2.05) is 31.0 Å². The summed E-state index contributed by atoms with van der Waals surface area (Å²) in [6.45, 7) is 3.02. The molecule has 2 aromatic rings. The maximum absolute atomic E-state index is 12.1. The zero-order valence-corrected chi connectivity index (χ0v) is 14.0. The topological polar surface area (TPSA) is 45.5 Å². The molecule has 0 spiro atoms. The molecule has 2 rings (SSSR count). The second kappa shape index (κ2) is 8.06. The van der Waals surface area contributed by atoms with Crippen LogP contribution in [0.2, 0.25) is 0 Å². The lowest BCUT2D eigenvalue weighted by Gasteiger charge is -2.18. The SMILES string of the molecule is CSc1ccc(CN(C)CC(=O)NC(C)c2ccco2)cc1. The van der Waals surface area contributed by atoms with Crippen LogP contribution in [0.4, 0.5) is 0 Å². The molecule has 1 heterocycles. The Balaban J connectivity index is 1.80. The van der Waals surface area contributed by atoms with Crippen LogP contribution in [0.1, 0.15) is 24.3 Å². The van der Waals surface area contributed by atoms with E-state index < -0.39 is 0 Å². The second-order valence-corrected chi connectivity index (χ2v) is 6.20. The number of nitrogens with one attached hydrogen (secondary N) is 1. The van der Waals surface area contributed by atoms with Crippen molar-refractivity contribution < 1.29 is 9.21 Å². The molecule has 0 aliphatic rings. The third-order valence-corrected chi connectivity index (χ3v) is 4.12. The predicted molar refractivity (Wildman–Crippen MR) is 89.8 cm³/mol. The first kappa shape index (κ1) is 16.6. The Kier molecular flexibility index (Phi) is 6.10. The number of hydrogen-bond donors (Lipinski definition) is 1. The largest absolute Gasteiger partial charge is 0.467 e. The fraction of sp³-hybridized carbons (Fsp3) is 0.353. The molecular weight excluding hydrogens is 296 g/mol. The van der Waals surface area contributed by atoms with Crippen LogP contribution in [0.15, 0.2) is 52.0 Å². The lowest BCUT2D eigenvalue weighted by molar-refractivity contribution is -0.122. The van der Waals surface area contributed by atoms with E-state index in [1.54, 1.807) is 18.0 Å². The van der Waals surface area contributed by atoms with E-state index in [0.717, 1.165) is 12.3 Å². The molecule has 1 aromatic carbocycles. The van der Waals surface area contributed by atoms with Gasteiger partial charge in [0.25, 0.3) is 0 Å². The van der Waals surface area contributed by atoms with Crippen molar-refractivity contribution in [3.8, 4) is 0 Å². The number of nitrogens with zero attached hydrogens (tertiary/aromatic N) is 1. The van der Waals surface area contributed by atoms with Gasteiger partial charge in [0, 0.05) is 11.4 Å². The van der Waals surface area contributed by atoms with Crippen molar-refractivity contribution in [1.82, 2.24) is 10.2 Å². The van der Waals surface area contributed by atoms with Crippen molar-refractivity contribution in [3.63, 3.8) is 0 Å². The smallest absolute Gasteiger partial charge is 0.234 e. The molecule has 1 N–H and O–H groups in total. The van der Waals surface area contributed by atoms with Crippen molar-refractivity contribution in [2.75, 3.05) is 19.8 Å². The summed E-state index contributed by atoms with van der Waals surface area (Å²) < 4.78 is 5.29. The van der Waals surface area contributed by atoms with Gasteiger partial charge in [-0.3, -0.25) is 9.69 Å². The summed E-state index contributed by atoms with van der Waals surface area (Å²) in [7, 11) is 1.94. The zero-order chi connectivity index (χ0) is 15.9. The molecule has 0 aliphatic carbocycles. The third kappa shape index (κ3) is 4.93. The third-order valence-electron chi connectivity index (χ3n) is 3.37. The molecule has 1 aromatic heterocycles. The number of carbonyl (C=O) groups excluding carboxylic acids is 1. The summed E-state index contributed by atoms with van der Waals surface area (Å²) in [5.41, 5.74) is 1.20. The van der Waals surface area contributed by atoms with Crippen LogP contribution in [0, 0.1) is 0 Å². The Hall–Kier alpha value is -1.72. The molecule has 0 fully saturated rings. The Morgan fingerprint density at radius 2 is 2.05 bits per heavy atom. The first-order chi connectivity index (χ1) is 10.6. The highest BCUT2D eigenvalue weighted by Crippen LogP contribution is 2.15. The van der Waals surface area contributed by atoms with Crippen molar-refractivity contribution >= 4 is 17.7 Å². The van der Waals surface area contributed by atoms with Crippen LogP contribution in [0.3, 0.4) is 0 Å². The van der Waals surface area contributed by atoms with E-state index in [2.05, 4.69) is 35.8 Å². The van der Waals surface area contributed by atoms with Gasteiger partial charge in [0.1, 0.15) is 5.76 Å². The molecule has 0 radical (unpaired) electrons. The molecule has 118 valence electrons. The fourth-order valence-electron chi connectivity index (χ4n) is 2.24. The van der Waals surface area contributed by atoms with Gasteiger partial charge in [-0.05, 0) is 50.1 Å². The number of rotatable bonds is 7. The van der Waals surface area contributed by atoms with Gasteiger partial charge in [-0.2, -0.15) is 0 Å². The maximum atomic E-state index is 12.1. The highest BCUT2D eigenvalue weighted by atomic mass is 32.2. The molecule has 0 saturated carbocycles. The summed E-state index contributed by atoms with van der Waals surface area (Å²) >= 11 is 1.73. The van der Waals surface area contributed by atoms with Crippen molar-refractivity contribution in [2.24, 2.45) is 0 Å². The van der Waals surface area contributed by atoms with Crippen molar-refractivity contribution in [1.29, 1.82) is 0 Å². The van der Waals surface area contributed by atoms with Crippen LogP contribution in [0.25, 0.3) is 0 Å². The average Bonchev–Trinajstić information content (AvgIpc) is 3.02. The normalized spacial score (nSPS) is 12.4. The van der Waals surface area contributed by atoms with E-state index in [9.17, 15) is 4.79 Å². The Morgan fingerprint density at radius 1 is 1.32 bits per heavy atom. The van der Waals surface area contributed by atoms with Gasteiger partial charge in [0.05, 0.1) is 18.8 Å². The maximum Gasteiger partial charge on any atom is 0.234 e. The van der Waals surface area contributed by atoms with Crippen LogP contribution in [-0.2, 0) is 11.3 Å². The molecule has 1 unspecified atom stereocenters. The monoisotopic (exact) mass is 318 g/mol. The molecule has 0 bridgehead atoms. The second-order valence-electron chi connectivity index (χ2n) is 5.32. The fourth-order valence-corrected chi connectivity index (χ4v) is 2.65. The highest BCUT2D eigenvalue weighted by molar-refractivity contribution is 7.98. The van der Waals surface area contributed by atoms with Gasteiger partial charge in [-0.25, -0.2) is 0 Å². The Morgan fingerprint density at radius 3 is 2.64 bits per heavy atom. The Labute approximate surface area is 135 Å². The minimum absolute atomic E-state index is 0.00728. The average molecular weight is 318 g/mol. The standard InChI is InChI=1S/C17H22N2O2S/c1-13(16-5-4-10-21-16)18-17(20)12-19(2)11-14-6-8-15(22-3)9-7-14/h4-10,13H,11-12H2,1-3H3,(H,18,20). The summed E-state index contributed by atoms with van der Waals surface area (Å²) in [6, 6.07) is 12.0. The van der Waals surface area contributed by atoms with Crippen molar-refractivity contribution in [3.05, 3.63) is 54.0 Å². The van der Waals surface area contributed by atoms with Crippen LogP contribution in [-0.4, -0.2) is 30.7 Å². The first-order valence-electron chi connectivity index (χ1n) is 7.22. The van der Waals surface area contributed by atoms with Gasteiger partial charge in [0.15, 0.2) is 0 Å². The van der Waals surface area contributed by atoms with E-state index in [1.165, 1.54) is 10.5 Å². The number of furan rings is 1.